The van der Waals surface area contributed by atoms with Crippen LogP contribution in [0.25, 0.3) is 0 Å². The topological polar surface area (TPSA) is 305 Å². The van der Waals surface area contributed by atoms with Crippen molar-refractivity contribution < 1.29 is 143 Å². The first-order valence-corrected chi connectivity index (χ1v) is 31.0. The summed E-state index contributed by atoms with van der Waals surface area (Å²) in [5.74, 6) is -10.4. The van der Waals surface area contributed by atoms with Crippen molar-refractivity contribution in [3.63, 3.8) is 0 Å². The highest BCUT2D eigenvalue weighted by molar-refractivity contribution is 6.08. The molecule has 0 fully saturated rings. The molecular weight excluding hydrogens is 1510 g/mol. The fraction of sp³-hybridized carbons (Fsp3) is 0.178. The summed E-state index contributed by atoms with van der Waals surface area (Å²) in [7, 11) is 1.15. The van der Waals surface area contributed by atoms with Gasteiger partial charge in [0.25, 0.3) is 17.7 Å². The van der Waals surface area contributed by atoms with Crippen molar-refractivity contribution >= 4 is 69.4 Å². The number of hydrogen-bond donors (Lipinski definition) is 12. The number of carbonyl (C=O) groups is 6. The largest absolute Gasteiger partial charge is 0.506 e. The van der Waals surface area contributed by atoms with E-state index in [2.05, 4.69) is 21.3 Å². The second-order valence-corrected chi connectivity index (χ2v) is 23.9. The molecule has 0 atom stereocenters. The van der Waals surface area contributed by atoms with Gasteiger partial charge in [0.15, 0.2) is 5.78 Å². The van der Waals surface area contributed by atoms with Crippen molar-refractivity contribution in [2.45, 2.75) is 74.1 Å². The zero-order valence-corrected chi connectivity index (χ0v) is 56.2. The first-order chi connectivity index (χ1) is 50.9. The van der Waals surface area contributed by atoms with E-state index in [-0.39, 0.29) is 45.9 Å². The van der Waals surface area contributed by atoms with Gasteiger partial charge in [-0.3, -0.25) is 28.8 Å². The predicted molar refractivity (Wildman–Crippen MR) is 359 cm³/mol. The van der Waals surface area contributed by atoms with Crippen molar-refractivity contribution in [3.8, 4) is 46.0 Å². The molecule has 9 aromatic rings. The first kappa shape index (κ1) is 82.8. The van der Waals surface area contributed by atoms with Crippen molar-refractivity contribution in [3.05, 3.63) is 238 Å². The van der Waals surface area contributed by atoms with E-state index in [1.807, 2.05) is 10.6 Å². The van der Waals surface area contributed by atoms with Crippen LogP contribution in [0.4, 0.5) is 113 Å². The molecule has 0 aliphatic heterocycles. The monoisotopic (exact) mass is 1560 g/mol. The number of phenols is 6. The third-order valence-electron chi connectivity index (χ3n) is 16.8. The number of rotatable bonds is 18. The number of anilines is 6. The van der Waals surface area contributed by atoms with Crippen molar-refractivity contribution in [1.82, 2.24) is 0 Å². The summed E-state index contributed by atoms with van der Waals surface area (Å²) in [5, 5.41) is 73.4. The number of carbonyl (C=O) groups excluding carboxylic acids is 6. The molecule has 0 saturated heterocycles. The zero-order valence-electron chi connectivity index (χ0n) is 56.2. The normalized spacial score (nSPS) is 12.3. The van der Waals surface area contributed by atoms with Gasteiger partial charge in [-0.1, -0.05) is 48.5 Å². The minimum atomic E-state index is -6.15. The number of Topliss-reactive ketones (excluding diaryl/α,β-unsaturated/α-hetero) is 1. The van der Waals surface area contributed by atoms with Gasteiger partial charge in [-0.05, 0) is 174 Å². The number of phenolic OH excluding ortho intramolecular Hbond substituents is 6. The Morgan fingerprint density at radius 3 is 0.745 bits per heavy atom. The highest BCUT2D eigenvalue weighted by Gasteiger charge is 2.75. The third-order valence-corrected chi connectivity index (χ3v) is 16.8. The SMILES string of the molecule is CC(=O)Nc1cc(C(c2ccc(O)c(NC(=O)c3cccc(C(C)=O)c3)c2)(C(F)(F)F)C(F)(F)F)ccc1O.CNc1cc(C(c2ccc(O)c(NC(=O)c3ccc(Oc4ccc(C(=O)Nc5cc(C(c6ccc(O)c(NC(C)=O)c6)(C(F)(F)F)C(F)(F)F)ccc5O)cc4)cc3)c2)(C(F)(F)F)C(F)(F)F)ccc1O. The van der Waals surface area contributed by atoms with Gasteiger partial charge >= 0.3 is 37.1 Å². The van der Waals surface area contributed by atoms with Crippen LogP contribution in [0.3, 0.4) is 0 Å². The van der Waals surface area contributed by atoms with Crippen LogP contribution in [-0.2, 0) is 25.8 Å². The van der Waals surface area contributed by atoms with Gasteiger partial charge in [-0.15, -0.1) is 0 Å². The number of ketones is 1. The number of alkyl halides is 18. The molecule has 580 valence electrons. The number of ether oxygens (including phenoxy) is 1. The van der Waals surface area contributed by atoms with E-state index in [9.17, 15) is 138 Å². The molecule has 0 unspecified atom stereocenters. The molecular formula is C73H54F18N6O13. The molecule has 12 N–H and O–H groups in total. The van der Waals surface area contributed by atoms with Crippen molar-refractivity contribution in [2.24, 2.45) is 0 Å². The van der Waals surface area contributed by atoms with Crippen LogP contribution in [-0.4, -0.2) is 110 Å². The minimum Gasteiger partial charge on any atom is -0.506 e. The number of nitrogens with one attached hydrogen (secondary N) is 6. The van der Waals surface area contributed by atoms with Crippen LogP contribution in [0.2, 0.25) is 0 Å². The summed E-state index contributed by atoms with van der Waals surface area (Å²) < 4.78 is 271. The Labute approximate surface area is 607 Å². The quantitative estimate of drug-likeness (QED) is 0.0216. The Hall–Kier alpha value is -12.9. The maximum atomic E-state index is 14.9. The maximum Gasteiger partial charge on any atom is 0.411 e. The summed E-state index contributed by atoms with van der Waals surface area (Å²) >= 11 is 0. The minimum absolute atomic E-state index is 0.00582. The van der Waals surface area contributed by atoms with Gasteiger partial charge < -0.3 is 67.3 Å². The number of benzene rings is 9. The Kier molecular flexibility index (Phi) is 23.2. The lowest BCUT2D eigenvalue weighted by molar-refractivity contribution is -0.290. The second-order valence-electron chi connectivity index (χ2n) is 23.9. The van der Waals surface area contributed by atoms with Crippen LogP contribution in [0.1, 0.15) is 95.6 Å². The molecule has 0 spiro atoms. The molecule has 0 saturated carbocycles. The summed E-state index contributed by atoms with van der Waals surface area (Å²) in [6.07, 6.45) is -36.5. The summed E-state index contributed by atoms with van der Waals surface area (Å²) in [5.41, 5.74) is -27.9. The predicted octanol–water partition coefficient (Wildman–Crippen LogP) is 17.5. The molecule has 0 aliphatic rings. The smallest absolute Gasteiger partial charge is 0.411 e. The van der Waals surface area contributed by atoms with Crippen LogP contribution in [0, 0.1) is 0 Å². The molecule has 0 bridgehead atoms. The summed E-state index contributed by atoms with van der Waals surface area (Å²) in [4.78, 5) is 73.7. The molecule has 9 rings (SSSR count). The van der Waals surface area contributed by atoms with Gasteiger partial charge in [0.1, 0.15) is 46.0 Å². The lowest BCUT2D eigenvalue weighted by Gasteiger charge is -2.38. The van der Waals surface area contributed by atoms with E-state index in [4.69, 9.17) is 4.74 Å². The highest BCUT2D eigenvalue weighted by Crippen LogP contribution is 2.61. The number of halogens is 18. The molecule has 19 nitrogen and oxygen atoms in total. The molecule has 110 heavy (non-hydrogen) atoms. The number of aromatic hydroxyl groups is 6. The summed E-state index contributed by atoms with van der Waals surface area (Å²) in [6, 6.07) is 21.9. The average Bonchev–Trinajstić information content (AvgIpc) is 0.725. The number of hydrogen-bond acceptors (Lipinski definition) is 14. The summed E-state index contributed by atoms with van der Waals surface area (Å²) in [6.45, 7) is 3.06. The maximum absolute atomic E-state index is 14.9. The van der Waals surface area contributed by atoms with Crippen LogP contribution in [0.15, 0.2) is 182 Å². The van der Waals surface area contributed by atoms with E-state index < -0.39 is 191 Å². The molecule has 37 heteroatoms. The molecule has 9 aromatic carbocycles. The van der Waals surface area contributed by atoms with Crippen molar-refractivity contribution in [1.29, 1.82) is 0 Å². The van der Waals surface area contributed by atoms with Gasteiger partial charge in [0.2, 0.25) is 28.1 Å². The first-order valence-electron chi connectivity index (χ1n) is 31.0. The zero-order chi connectivity index (χ0) is 82.0. The fourth-order valence-corrected chi connectivity index (χ4v) is 11.6. The fourth-order valence-electron chi connectivity index (χ4n) is 11.6. The second kappa shape index (κ2) is 30.8. The molecule has 0 radical (unpaired) electrons. The van der Waals surface area contributed by atoms with E-state index in [1.165, 1.54) is 49.4 Å². The van der Waals surface area contributed by atoms with E-state index in [0.717, 1.165) is 51.2 Å². The van der Waals surface area contributed by atoms with Crippen LogP contribution in [0.5, 0.6) is 46.0 Å². The van der Waals surface area contributed by atoms with E-state index >= 15 is 0 Å². The van der Waals surface area contributed by atoms with Gasteiger partial charge in [-0.25, -0.2) is 0 Å². The van der Waals surface area contributed by atoms with Gasteiger partial charge in [-0.2, -0.15) is 79.0 Å². The lowest BCUT2D eigenvalue weighted by atomic mass is 9.72. The average molecular weight is 1570 g/mol. The Bertz CT molecular complexity index is 4980. The Balaban J connectivity index is 0.000000328. The van der Waals surface area contributed by atoms with E-state index in [1.54, 1.807) is 0 Å². The molecule has 0 aliphatic carbocycles. The van der Waals surface area contributed by atoms with Gasteiger partial charge in [0, 0.05) is 43.1 Å². The molecule has 0 heterocycles. The lowest BCUT2D eigenvalue weighted by Crippen LogP contribution is -2.54. The van der Waals surface area contributed by atoms with Crippen molar-refractivity contribution in [2.75, 3.05) is 38.9 Å². The van der Waals surface area contributed by atoms with Crippen LogP contribution < -0.4 is 36.6 Å². The Morgan fingerprint density at radius 1 is 0.282 bits per heavy atom. The van der Waals surface area contributed by atoms with E-state index in [0.29, 0.717) is 97.1 Å². The Morgan fingerprint density at radius 2 is 0.509 bits per heavy atom. The molecule has 0 aromatic heterocycles. The standard InChI is InChI=1S/C47H34F12N4O8.C26H20F6N2O5/c1-23(64)61-33-20-27(8-16-37(33)66)43(46(54,55)56,47(57,58)59)29-10-18-39(68)35(22-29)63-41(70)25-5-13-31(14-6-25)71-30-11-3-24(4-12-30)40(69)62-34-21-28(9-17-38(34)67)42(44(48,49)50,45(51,52)53)26-7-15-36(65)32(19-26)60-2;1-13(35)15-4-3-5-16(10-15)23(39)34-20-12-18(7-9-22(20)38)24(25(27,28)29,26(30,31)32)17-6-8-21(37)19(11-17)33-14(2)36/h3-22,60,65-68H,1-2H3,(H,61,64)(H,62,69)(H,63,70);3-12,37-38H,1-2H3,(H,33,36)(H,34,39). The van der Waals surface area contributed by atoms with Crippen LogP contribution >= 0.6 is 0 Å². The third kappa shape index (κ3) is 16.3. The molecule has 5 amide bonds. The number of amides is 5. The highest BCUT2D eigenvalue weighted by atomic mass is 19.4. The van der Waals surface area contributed by atoms with Gasteiger partial charge in [0.05, 0.1) is 34.1 Å².